The molecule has 138 valence electrons. The van der Waals surface area contributed by atoms with E-state index in [1.165, 1.54) is 11.3 Å². The van der Waals surface area contributed by atoms with Crippen LogP contribution in [-0.4, -0.2) is 18.5 Å². The van der Waals surface area contributed by atoms with Crippen LogP contribution in [0.3, 0.4) is 0 Å². The Morgan fingerprint density at radius 3 is 2.59 bits per heavy atom. The zero-order valence-corrected chi connectivity index (χ0v) is 15.6. The van der Waals surface area contributed by atoms with Crippen molar-refractivity contribution in [2.24, 2.45) is 0 Å². The van der Waals surface area contributed by atoms with Gasteiger partial charge in [0.2, 0.25) is 0 Å². The Balaban J connectivity index is 1.67. The van der Waals surface area contributed by atoms with Gasteiger partial charge in [0.15, 0.2) is 5.43 Å². The Morgan fingerprint density at radius 2 is 1.81 bits per heavy atom. The van der Waals surface area contributed by atoms with Crippen LogP contribution in [0.15, 0.2) is 59.4 Å². The van der Waals surface area contributed by atoms with E-state index in [0.717, 1.165) is 9.40 Å². The Kier molecular flexibility index (Phi) is 5.66. The molecular weight excluding hydrogens is 364 g/mol. The molecule has 3 rings (SSSR count). The second kappa shape index (κ2) is 8.14. The van der Waals surface area contributed by atoms with Gasteiger partial charge in [0, 0.05) is 32.2 Å². The molecule has 3 aromatic rings. The van der Waals surface area contributed by atoms with Crippen LogP contribution in [0.2, 0.25) is 0 Å². The van der Waals surface area contributed by atoms with Crippen LogP contribution in [0.25, 0.3) is 20.2 Å². The van der Waals surface area contributed by atoms with E-state index in [1.54, 1.807) is 25.1 Å². The molecule has 1 heterocycles. The second-order valence-corrected chi connectivity index (χ2v) is 7.16. The van der Waals surface area contributed by atoms with Crippen molar-refractivity contribution in [1.29, 1.82) is 0 Å². The summed E-state index contributed by atoms with van der Waals surface area (Å²) in [5, 5.41) is 1.29. The van der Waals surface area contributed by atoms with Crippen LogP contribution in [0, 0.1) is 0 Å². The van der Waals surface area contributed by atoms with Gasteiger partial charge < -0.3 is 9.47 Å². The number of hydrogen-bond donors (Lipinski definition) is 0. The third-order valence-corrected chi connectivity index (χ3v) is 5.02. The van der Waals surface area contributed by atoms with Crippen LogP contribution in [0.4, 0.5) is 0 Å². The maximum absolute atomic E-state index is 12.6. The van der Waals surface area contributed by atoms with Gasteiger partial charge in [-0.3, -0.25) is 9.59 Å². The standard InChI is InChI=1S/C21H18O5S/c1-13(2)21(24)25-11-5-8-19(22)26-14-9-10-16-18(12-14)27-17-7-4-3-6-15(17)20(16)23/h3-4,6-7,9-10,12H,1,5,8,11H2,2H3. The van der Waals surface area contributed by atoms with Gasteiger partial charge in [-0.15, -0.1) is 11.3 Å². The SMILES string of the molecule is C=C(C)C(=O)OCCCC(=O)Oc1ccc2c(=O)c3ccccc3sc2c1. The van der Waals surface area contributed by atoms with E-state index in [2.05, 4.69) is 6.58 Å². The molecule has 0 saturated heterocycles. The molecule has 0 N–H and O–H groups in total. The highest BCUT2D eigenvalue weighted by atomic mass is 32.1. The van der Waals surface area contributed by atoms with Crippen LogP contribution >= 0.6 is 11.3 Å². The van der Waals surface area contributed by atoms with Gasteiger partial charge in [0.25, 0.3) is 0 Å². The van der Waals surface area contributed by atoms with Crippen molar-refractivity contribution in [2.75, 3.05) is 6.61 Å². The lowest BCUT2D eigenvalue weighted by atomic mass is 10.2. The van der Waals surface area contributed by atoms with Gasteiger partial charge in [0.05, 0.1) is 6.61 Å². The molecule has 0 amide bonds. The van der Waals surface area contributed by atoms with E-state index in [1.807, 2.05) is 24.3 Å². The third kappa shape index (κ3) is 4.41. The Labute approximate surface area is 159 Å². The fourth-order valence-electron chi connectivity index (χ4n) is 2.53. The first-order valence-electron chi connectivity index (χ1n) is 8.44. The van der Waals surface area contributed by atoms with Crippen LogP contribution in [0.1, 0.15) is 19.8 Å². The first kappa shape index (κ1) is 18.8. The molecule has 0 saturated carbocycles. The first-order valence-corrected chi connectivity index (χ1v) is 9.26. The zero-order valence-electron chi connectivity index (χ0n) is 14.8. The van der Waals surface area contributed by atoms with Crippen LogP contribution in [0.5, 0.6) is 5.75 Å². The maximum atomic E-state index is 12.6. The monoisotopic (exact) mass is 382 g/mol. The lowest BCUT2D eigenvalue weighted by Gasteiger charge is -2.07. The predicted molar refractivity (Wildman–Crippen MR) is 106 cm³/mol. The van der Waals surface area contributed by atoms with Crippen molar-refractivity contribution in [3.05, 3.63) is 64.8 Å². The first-order chi connectivity index (χ1) is 13.0. The minimum Gasteiger partial charge on any atom is -0.462 e. The number of ether oxygens (including phenoxy) is 2. The average molecular weight is 382 g/mol. The molecule has 0 aliphatic rings. The van der Waals surface area contributed by atoms with Crippen molar-refractivity contribution in [2.45, 2.75) is 19.8 Å². The van der Waals surface area contributed by atoms with Crippen molar-refractivity contribution in [3.8, 4) is 5.75 Å². The Hall–Kier alpha value is -2.99. The summed E-state index contributed by atoms with van der Waals surface area (Å²) < 4.78 is 11.9. The second-order valence-electron chi connectivity index (χ2n) is 6.08. The summed E-state index contributed by atoms with van der Waals surface area (Å²) in [7, 11) is 0. The smallest absolute Gasteiger partial charge is 0.333 e. The molecule has 0 spiro atoms. The summed E-state index contributed by atoms with van der Waals surface area (Å²) in [6, 6.07) is 12.4. The average Bonchev–Trinajstić information content (AvgIpc) is 2.65. The fourth-order valence-corrected chi connectivity index (χ4v) is 3.63. The number of rotatable bonds is 6. The summed E-state index contributed by atoms with van der Waals surface area (Å²) in [6.45, 7) is 5.18. The molecule has 0 atom stereocenters. The van der Waals surface area contributed by atoms with E-state index >= 15 is 0 Å². The van der Waals surface area contributed by atoms with E-state index in [9.17, 15) is 14.4 Å². The molecule has 0 bridgehead atoms. The Morgan fingerprint density at radius 1 is 1.07 bits per heavy atom. The number of esters is 2. The molecular formula is C21H18O5S. The van der Waals surface area contributed by atoms with Gasteiger partial charge in [-0.25, -0.2) is 4.79 Å². The summed E-state index contributed by atoms with van der Waals surface area (Å²) in [5.74, 6) is -0.508. The quantitative estimate of drug-likeness (QED) is 0.210. The largest absolute Gasteiger partial charge is 0.462 e. The maximum Gasteiger partial charge on any atom is 0.333 e. The molecule has 6 heteroatoms. The number of fused-ring (bicyclic) bond motifs is 2. The third-order valence-electron chi connectivity index (χ3n) is 3.89. The lowest BCUT2D eigenvalue weighted by molar-refractivity contribution is -0.141. The highest BCUT2D eigenvalue weighted by Gasteiger charge is 2.10. The summed E-state index contributed by atoms with van der Waals surface area (Å²) in [4.78, 5) is 35.8. The number of carbonyl (C=O) groups excluding carboxylic acids is 2. The molecule has 0 aliphatic carbocycles. The highest BCUT2D eigenvalue weighted by molar-refractivity contribution is 7.24. The van der Waals surface area contributed by atoms with Gasteiger partial charge in [-0.1, -0.05) is 18.7 Å². The van der Waals surface area contributed by atoms with Gasteiger partial charge in [-0.2, -0.15) is 0 Å². The summed E-state index contributed by atoms with van der Waals surface area (Å²) in [6.07, 6.45) is 0.485. The molecule has 2 aromatic carbocycles. The van der Waals surface area contributed by atoms with Gasteiger partial charge >= 0.3 is 11.9 Å². The normalized spacial score (nSPS) is 10.7. The predicted octanol–water partition coefficient (Wildman–Crippen LogP) is 4.22. The molecule has 5 nitrogen and oxygen atoms in total. The van der Waals surface area contributed by atoms with Gasteiger partial charge in [-0.05, 0) is 43.7 Å². The molecule has 1 aromatic heterocycles. The number of benzene rings is 2. The fraction of sp³-hybridized carbons (Fsp3) is 0.190. The molecule has 0 radical (unpaired) electrons. The highest BCUT2D eigenvalue weighted by Crippen LogP contribution is 2.27. The summed E-state index contributed by atoms with van der Waals surface area (Å²) >= 11 is 1.48. The number of hydrogen-bond acceptors (Lipinski definition) is 6. The zero-order chi connectivity index (χ0) is 19.4. The van der Waals surface area contributed by atoms with E-state index in [0.29, 0.717) is 28.5 Å². The van der Waals surface area contributed by atoms with Crippen molar-refractivity contribution >= 4 is 43.4 Å². The molecule has 0 fully saturated rings. The van der Waals surface area contributed by atoms with Crippen molar-refractivity contribution < 1.29 is 19.1 Å². The van der Waals surface area contributed by atoms with E-state index in [-0.39, 0.29) is 18.5 Å². The Bertz CT molecular complexity index is 1100. The minimum absolute atomic E-state index is 0.0310. The minimum atomic E-state index is -0.472. The molecule has 0 aliphatic heterocycles. The molecule has 27 heavy (non-hydrogen) atoms. The van der Waals surface area contributed by atoms with Crippen LogP contribution < -0.4 is 10.2 Å². The topological polar surface area (TPSA) is 69.7 Å². The molecule has 0 unspecified atom stereocenters. The lowest BCUT2D eigenvalue weighted by Crippen LogP contribution is -2.11. The van der Waals surface area contributed by atoms with Crippen molar-refractivity contribution in [1.82, 2.24) is 0 Å². The van der Waals surface area contributed by atoms with E-state index < -0.39 is 11.9 Å². The van der Waals surface area contributed by atoms with Gasteiger partial charge in [0.1, 0.15) is 5.75 Å². The van der Waals surface area contributed by atoms with E-state index in [4.69, 9.17) is 9.47 Å². The number of carbonyl (C=O) groups is 2. The van der Waals surface area contributed by atoms with Crippen molar-refractivity contribution in [3.63, 3.8) is 0 Å². The summed E-state index contributed by atoms with van der Waals surface area (Å²) in [5.41, 5.74) is 0.289. The van der Waals surface area contributed by atoms with Crippen LogP contribution in [-0.2, 0) is 14.3 Å².